The minimum Gasteiger partial charge on any atom is -0.379 e. The normalized spacial score (nSPS) is 16.0. The molecule has 0 bridgehead atoms. The number of ether oxygens (including phenoxy) is 3. The number of nitrogens with zero attached hydrogens (tertiary/aromatic N) is 6. The van der Waals surface area contributed by atoms with Gasteiger partial charge in [0.15, 0.2) is 0 Å². The lowest BCUT2D eigenvalue weighted by atomic mass is 10.0. The van der Waals surface area contributed by atoms with E-state index >= 15 is 0 Å². The summed E-state index contributed by atoms with van der Waals surface area (Å²) < 4.78 is 17.1. The van der Waals surface area contributed by atoms with Crippen molar-refractivity contribution in [2.24, 2.45) is 0 Å². The topological polar surface area (TPSA) is 198 Å². The van der Waals surface area contributed by atoms with Crippen molar-refractivity contribution in [3.8, 4) is 11.3 Å². The van der Waals surface area contributed by atoms with E-state index in [0.29, 0.717) is 75.8 Å². The van der Waals surface area contributed by atoms with E-state index < -0.39 is 23.8 Å². The minimum atomic E-state index is -0.913. The minimum absolute atomic E-state index is 0.121. The van der Waals surface area contributed by atoms with Crippen molar-refractivity contribution in [2.45, 2.75) is 90.1 Å². The van der Waals surface area contributed by atoms with Crippen molar-refractivity contribution >= 4 is 40.9 Å². The molecule has 0 saturated carbocycles. The van der Waals surface area contributed by atoms with Crippen LogP contribution in [0.1, 0.15) is 118 Å². The summed E-state index contributed by atoms with van der Waals surface area (Å²) in [6.45, 7) is 15.4. The van der Waals surface area contributed by atoms with Gasteiger partial charge in [0, 0.05) is 99.9 Å². The monoisotopic (exact) mass is 1030 g/mol. The van der Waals surface area contributed by atoms with Crippen LogP contribution < -0.4 is 16.0 Å². The van der Waals surface area contributed by atoms with Crippen LogP contribution in [-0.4, -0.2) is 138 Å². The molecule has 2 saturated heterocycles. The zero-order valence-electron chi connectivity index (χ0n) is 43.7. The van der Waals surface area contributed by atoms with E-state index in [9.17, 15) is 24.0 Å². The molecule has 400 valence electrons. The van der Waals surface area contributed by atoms with E-state index in [1.807, 2.05) is 48.5 Å². The number of carbonyl (C=O) groups excluding carboxylic acids is 5. The van der Waals surface area contributed by atoms with E-state index in [0.717, 1.165) is 105 Å². The number of aryl methyl sites for hydroxylation is 1. The first-order valence-corrected chi connectivity index (χ1v) is 26.8. The predicted molar refractivity (Wildman–Crippen MR) is 291 cm³/mol. The molecule has 1 atom stereocenters. The number of hydrogen-bond acceptors (Lipinski definition) is 13. The first-order chi connectivity index (χ1) is 37.1. The highest BCUT2D eigenvalue weighted by molar-refractivity contribution is 6.25. The van der Waals surface area contributed by atoms with Gasteiger partial charge < -0.3 is 35.1 Å². The van der Waals surface area contributed by atoms with Gasteiger partial charge >= 0.3 is 0 Å². The van der Waals surface area contributed by atoms with Gasteiger partial charge in [0.1, 0.15) is 11.9 Å². The molecule has 3 aliphatic heterocycles. The fourth-order valence-corrected chi connectivity index (χ4v) is 9.68. The van der Waals surface area contributed by atoms with Crippen LogP contribution in [0, 0.1) is 6.92 Å². The maximum Gasteiger partial charge on any atom is 0.264 e. The molecule has 76 heavy (non-hydrogen) atoms. The number of piperidine rings is 1. The Morgan fingerprint density at radius 3 is 2.21 bits per heavy atom. The Labute approximate surface area is 445 Å². The van der Waals surface area contributed by atoms with Gasteiger partial charge in [-0.05, 0) is 123 Å². The van der Waals surface area contributed by atoms with E-state index in [4.69, 9.17) is 19.2 Å². The third kappa shape index (κ3) is 15.8. The predicted octanol–water partition coefficient (Wildman–Crippen LogP) is 8.01. The molecule has 0 radical (unpaired) electrons. The van der Waals surface area contributed by atoms with Gasteiger partial charge in [0.2, 0.25) is 11.8 Å². The molecule has 3 aromatic carbocycles. The standard InChI is InChI=1S/C59H71N9O8/c1-42-16-22-48(38-47(42)39-53-61-26-24-50(64-53)46-12-11-25-60-40-46)63-56(70)45-20-18-44(19-21-45)41-67-30-28-66(29-31-67)27-7-3-4-8-32-74-34-36-76-37-35-75-33-9-5-6-15-54(69)65-51-14-10-13-49-55(51)59(73)68(58(49)72)52-23-17-43(2)62-57(52)71/h10-14,16,18-22,24-26,38,40,52H,2-9,15,17,23,27-37,39,41H2,1H3,(H,62,71)(H,63,70)(H,65,69). The van der Waals surface area contributed by atoms with Crippen molar-refractivity contribution in [1.82, 2.24) is 35.0 Å². The van der Waals surface area contributed by atoms with Crippen molar-refractivity contribution in [3.05, 3.63) is 149 Å². The third-order valence-electron chi connectivity index (χ3n) is 14.0. The number of benzene rings is 3. The molecule has 3 aliphatic rings. The molecule has 3 N–H and O–H groups in total. The molecule has 8 rings (SSSR count). The summed E-state index contributed by atoms with van der Waals surface area (Å²) in [7, 11) is 0. The smallest absolute Gasteiger partial charge is 0.264 e. The second-order valence-corrected chi connectivity index (χ2v) is 19.7. The zero-order chi connectivity index (χ0) is 53.1. The molecule has 2 aromatic heterocycles. The van der Waals surface area contributed by atoms with Crippen molar-refractivity contribution in [1.29, 1.82) is 0 Å². The molecule has 0 aliphatic carbocycles. The molecular weight excluding hydrogens is 963 g/mol. The summed E-state index contributed by atoms with van der Waals surface area (Å²) in [4.78, 5) is 84.5. The zero-order valence-corrected chi connectivity index (χ0v) is 43.7. The Bertz CT molecular complexity index is 2780. The maximum absolute atomic E-state index is 13.3. The van der Waals surface area contributed by atoms with Crippen LogP contribution in [0.3, 0.4) is 0 Å². The number of rotatable bonds is 28. The lowest BCUT2D eigenvalue weighted by molar-refractivity contribution is -0.125. The average Bonchev–Trinajstić information content (AvgIpc) is 3.68. The molecule has 5 aromatic rings. The molecule has 2 fully saturated rings. The number of allylic oxidation sites excluding steroid dienone is 1. The number of carbonyl (C=O) groups is 5. The van der Waals surface area contributed by atoms with Gasteiger partial charge in [-0.1, -0.05) is 50.1 Å². The summed E-state index contributed by atoms with van der Waals surface area (Å²) in [5.74, 6) is -1.23. The molecule has 1 unspecified atom stereocenters. The van der Waals surface area contributed by atoms with Crippen LogP contribution in [0.15, 0.2) is 110 Å². The summed E-state index contributed by atoms with van der Waals surface area (Å²) in [6.07, 6.45) is 13.7. The fraction of sp³-hybridized carbons (Fsp3) is 0.424. The summed E-state index contributed by atoms with van der Waals surface area (Å²) in [5.41, 5.74) is 7.63. The van der Waals surface area contributed by atoms with Crippen LogP contribution in [0.4, 0.5) is 11.4 Å². The van der Waals surface area contributed by atoms with Crippen molar-refractivity contribution in [2.75, 3.05) is 83.0 Å². The molecule has 5 heterocycles. The molecular formula is C59H71N9O8. The Morgan fingerprint density at radius 1 is 0.750 bits per heavy atom. The SMILES string of the molecule is C=C1CCC(N2C(=O)c3cccc(NC(=O)CCCCCOCCOCCOCCCCCCN4CCN(Cc5ccc(C(=O)Nc6ccc(C)c(Cc7nccc(-c8cccnc8)n7)c6)cc5)CC4)c3C2=O)C(=O)N1. The third-order valence-corrected chi connectivity index (χ3v) is 14.0. The number of anilines is 2. The van der Waals surface area contributed by atoms with Gasteiger partial charge in [-0.15, -0.1) is 0 Å². The first-order valence-electron chi connectivity index (χ1n) is 26.8. The number of pyridine rings is 1. The van der Waals surface area contributed by atoms with E-state index in [1.54, 1.807) is 36.8 Å². The van der Waals surface area contributed by atoms with E-state index in [2.05, 4.69) is 61.4 Å². The highest BCUT2D eigenvalue weighted by Crippen LogP contribution is 2.33. The first kappa shape index (κ1) is 55.2. The van der Waals surface area contributed by atoms with Crippen molar-refractivity contribution < 1.29 is 38.2 Å². The highest BCUT2D eigenvalue weighted by Gasteiger charge is 2.45. The molecule has 17 nitrogen and oxygen atoms in total. The highest BCUT2D eigenvalue weighted by atomic mass is 16.5. The summed E-state index contributed by atoms with van der Waals surface area (Å²) >= 11 is 0. The van der Waals surface area contributed by atoms with Gasteiger partial charge in [-0.2, -0.15) is 0 Å². The Balaban J connectivity index is 0.594. The van der Waals surface area contributed by atoms with E-state index in [1.165, 1.54) is 18.4 Å². The van der Waals surface area contributed by atoms with Crippen LogP contribution in [0.25, 0.3) is 11.3 Å². The number of imide groups is 1. The van der Waals surface area contributed by atoms with E-state index in [-0.39, 0.29) is 35.0 Å². The summed E-state index contributed by atoms with van der Waals surface area (Å²) in [6, 6.07) is 23.5. The number of nitrogens with one attached hydrogen (secondary N) is 3. The number of unbranched alkanes of at least 4 members (excludes halogenated alkanes) is 5. The van der Waals surface area contributed by atoms with Crippen LogP contribution in [0.2, 0.25) is 0 Å². The molecule has 17 heteroatoms. The lowest BCUT2D eigenvalue weighted by Gasteiger charge is -2.34. The number of amides is 5. The van der Waals surface area contributed by atoms with Crippen LogP contribution in [0.5, 0.6) is 0 Å². The van der Waals surface area contributed by atoms with Crippen LogP contribution in [-0.2, 0) is 36.8 Å². The van der Waals surface area contributed by atoms with Gasteiger partial charge in [-0.25, -0.2) is 9.97 Å². The van der Waals surface area contributed by atoms with Gasteiger partial charge in [0.05, 0.1) is 48.9 Å². The van der Waals surface area contributed by atoms with Gasteiger partial charge in [0.25, 0.3) is 17.7 Å². The number of piperazine rings is 1. The van der Waals surface area contributed by atoms with Crippen molar-refractivity contribution in [3.63, 3.8) is 0 Å². The lowest BCUT2D eigenvalue weighted by Crippen LogP contribution is -2.51. The largest absolute Gasteiger partial charge is 0.379 e. The second-order valence-electron chi connectivity index (χ2n) is 19.7. The Kier molecular flexibility index (Phi) is 20.5. The number of fused-ring (bicyclic) bond motifs is 1. The number of hydrogen-bond donors (Lipinski definition) is 3. The maximum atomic E-state index is 13.3. The quantitative estimate of drug-likeness (QED) is 0.0322. The number of aromatic nitrogens is 3. The van der Waals surface area contributed by atoms with Crippen LogP contribution >= 0.6 is 0 Å². The van der Waals surface area contributed by atoms with Gasteiger partial charge in [-0.3, -0.25) is 38.8 Å². The fourth-order valence-electron chi connectivity index (χ4n) is 9.68. The second kappa shape index (κ2) is 28.2. The Hall–Kier alpha value is -7.02. The Morgan fingerprint density at radius 2 is 1.47 bits per heavy atom. The molecule has 5 amide bonds. The summed E-state index contributed by atoms with van der Waals surface area (Å²) in [5, 5.41) is 8.51. The molecule has 0 spiro atoms. The average molecular weight is 1030 g/mol.